The Kier molecular flexibility index (Phi) is 7.22. The number of hydrogen-bond acceptors (Lipinski definition) is 7. The number of likely N-dealkylation sites (tertiary alicyclic amines) is 1. The van der Waals surface area contributed by atoms with Crippen molar-refractivity contribution < 1.29 is 27.4 Å². The third kappa shape index (κ3) is 5.62. The summed E-state index contributed by atoms with van der Waals surface area (Å²) in [6.45, 7) is 12.4. The minimum Gasteiger partial charge on any atom is -0.446 e. The molecule has 9 nitrogen and oxygen atoms in total. The van der Waals surface area contributed by atoms with Gasteiger partial charge in [-0.25, -0.2) is 13.2 Å². The van der Waals surface area contributed by atoms with Crippen molar-refractivity contribution in [3.8, 4) is 0 Å². The SMILES string of the molecule is CC(C)=CC[C@H]1O[C@]1(C)C1CC(OC(=O)N2CC(CCN3CCN(S(C)(=O)=O)CC3)C2)CCC12CO2. The molecule has 4 saturated heterocycles. The summed E-state index contributed by atoms with van der Waals surface area (Å²) < 4.78 is 43.0. The van der Waals surface area contributed by atoms with Gasteiger partial charge in [-0.1, -0.05) is 11.6 Å². The van der Waals surface area contributed by atoms with Gasteiger partial charge in [-0.15, -0.1) is 0 Å². The molecular formula is C26H43N3O6S. The van der Waals surface area contributed by atoms with Gasteiger partial charge in [0.05, 0.1) is 30.2 Å². The summed E-state index contributed by atoms with van der Waals surface area (Å²) in [7, 11) is -3.09. The highest BCUT2D eigenvalue weighted by molar-refractivity contribution is 7.88. The third-order valence-corrected chi connectivity index (χ3v) is 10.4. The van der Waals surface area contributed by atoms with E-state index >= 15 is 0 Å². The second kappa shape index (κ2) is 9.84. The summed E-state index contributed by atoms with van der Waals surface area (Å²) in [5.41, 5.74) is 1.04. The van der Waals surface area contributed by atoms with Crippen molar-refractivity contribution in [1.29, 1.82) is 0 Å². The van der Waals surface area contributed by atoms with E-state index < -0.39 is 10.0 Å². The molecule has 5 aliphatic rings. The van der Waals surface area contributed by atoms with Crippen LogP contribution in [-0.2, 0) is 24.2 Å². The molecule has 0 aromatic heterocycles. The van der Waals surface area contributed by atoms with Crippen LogP contribution in [0.1, 0.15) is 52.9 Å². The predicted molar refractivity (Wildman–Crippen MR) is 136 cm³/mol. The highest BCUT2D eigenvalue weighted by Crippen LogP contribution is 2.59. The summed E-state index contributed by atoms with van der Waals surface area (Å²) in [4.78, 5) is 17.0. The molecule has 10 heteroatoms. The molecule has 0 N–H and O–H groups in total. The molecule has 4 heterocycles. The van der Waals surface area contributed by atoms with E-state index in [-0.39, 0.29) is 35.4 Å². The van der Waals surface area contributed by atoms with E-state index in [4.69, 9.17) is 14.2 Å². The summed E-state index contributed by atoms with van der Waals surface area (Å²) in [5, 5.41) is 0. The number of piperazine rings is 1. The maximum atomic E-state index is 12.8. The number of sulfonamides is 1. The maximum Gasteiger partial charge on any atom is 0.410 e. The number of amides is 1. The largest absolute Gasteiger partial charge is 0.446 e. The zero-order valence-corrected chi connectivity index (χ0v) is 23.1. The zero-order chi connectivity index (χ0) is 25.7. The molecule has 1 amide bonds. The van der Waals surface area contributed by atoms with Gasteiger partial charge < -0.3 is 24.0 Å². The molecule has 36 heavy (non-hydrogen) atoms. The highest BCUT2D eigenvalue weighted by atomic mass is 32.2. The number of allylic oxidation sites excluding steroid dienone is 1. The van der Waals surface area contributed by atoms with Gasteiger partial charge in [0.1, 0.15) is 6.10 Å². The number of carbonyl (C=O) groups excluding carboxylic acids is 1. The summed E-state index contributed by atoms with van der Waals surface area (Å²) >= 11 is 0. The first-order valence-electron chi connectivity index (χ1n) is 13.6. The standard InChI is InChI=1S/C26H43N3O6S/c1-19(2)5-6-23-25(3,35-23)22-15-21(7-9-26(22)18-33-26)34-24(30)28-16-20(17-28)8-10-27-11-13-29(14-12-27)36(4,31)32/h5,20-23H,6-18H2,1-4H3/t21?,22?,23-,25-,26?/m1/s1. The van der Waals surface area contributed by atoms with E-state index in [1.54, 1.807) is 4.31 Å². The second-order valence-corrected chi connectivity index (χ2v) is 14.0. The predicted octanol–water partition coefficient (Wildman–Crippen LogP) is 2.47. The molecule has 0 bridgehead atoms. The van der Waals surface area contributed by atoms with E-state index in [2.05, 4.69) is 31.7 Å². The molecule has 5 fully saturated rings. The number of hydrogen-bond donors (Lipinski definition) is 0. The van der Waals surface area contributed by atoms with Gasteiger partial charge in [0.15, 0.2) is 0 Å². The van der Waals surface area contributed by atoms with Crippen LogP contribution in [0.5, 0.6) is 0 Å². The topological polar surface area (TPSA) is 95.2 Å². The fourth-order valence-electron chi connectivity index (χ4n) is 6.45. The van der Waals surface area contributed by atoms with E-state index in [0.717, 1.165) is 71.4 Å². The lowest BCUT2D eigenvalue weighted by Gasteiger charge is -2.42. The fraction of sp³-hybridized carbons (Fsp3) is 0.885. The van der Waals surface area contributed by atoms with Crippen molar-refractivity contribution >= 4 is 16.1 Å². The summed E-state index contributed by atoms with van der Waals surface area (Å²) in [6.07, 6.45) is 8.02. The van der Waals surface area contributed by atoms with Gasteiger partial charge >= 0.3 is 6.09 Å². The number of rotatable bonds is 8. The molecule has 5 atom stereocenters. The quantitative estimate of drug-likeness (QED) is 0.355. The lowest BCUT2D eigenvalue weighted by molar-refractivity contribution is -0.0234. The Balaban J connectivity index is 1.03. The minimum atomic E-state index is -3.09. The zero-order valence-electron chi connectivity index (χ0n) is 22.3. The molecule has 3 unspecified atom stereocenters. The van der Waals surface area contributed by atoms with Gasteiger partial charge in [-0.05, 0) is 65.3 Å². The molecule has 4 aliphatic heterocycles. The Morgan fingerprint density at radius 2 is 1.86 bits per heavy atom. The first kappa shape index (κ1) is 26.4. The van der Waals surface area contributed by atoms with Gasteiger partial charge in [0.2, 0.25) is 10.0 Å². The van der Waals surface area contributed by atoms with Crippen molar-refractivity contribution in [2.75, 3.05) is 58.7 Å². The highest BCUT2D eigenvalue weighted by Gasteiger charge is 2.68. The normalized spacial score (nSPS) is 37.4. The minimum absolute atomic E-state index is 0.0763. The Morgan fingerprint density at radius 1 is 1.17 bits per heavy atom. The Morgan fingerprint density at radius 3 is 2.47 bits per heavy atom. The van der Waals surface area contributed by atoms with Crippen LogP contribution in [0, 0.1) is 11.8 Å². The maximum absolute atomic E-state index is 12.8. The molecule has 5 rings (SSSR count). The number of ether oxygens (including phenoxy) is 3. The van der Waals surface area contributed by atoms with E-state index in [1.807, 2.05) is 4.90 Å². The van der Waals surface area contributed by atoms with Gasteiger partial charge in [0, 0.05) is 45.2 Å². The van der Waals surface area contributed by atoms with E-state index in [9.17, 15) is 13.2 Å². The lowest BCUT2D eigenvalue weighted by Crippen LogP contribution is -2.53. The lowest BCUT2D eigenvalue weighted by atomic mass is 9.70. The molecular weight excluding hydrogens is 482 g/mol. The molecule has 0 aromatic rings. The van der Waals surface area contributed by atoms with Crippen LogP contribution in [0.15, 0.2) is 11.6 Å². The number of carbonyl (C=O) groups is 1. The average Bonchev–Trinajstić information content (AvgIpc) is 3.70. The van der Waals surface area contributed by atoms with E-state index in [1.165, 1.54) is 11.8 Å². The Hall–Kier alpha value is -1.20. The van der Waals surface area contributed by atoms with Gasteiger partial charge in [-0.2, -0.15) is 4.31 Å². The van der Waals surface area contributed by atoms with Crippen LogP contribution in [-0.4, -0.2) is 111 Å². The number of nitrogens with zero attached hydrogens (tertiary/aromatic N) is 3. The smallest absolute Gasteiger partial charge is 0.410 e. The molecule has 0 aromatic carbocycles. The Labute approximate surface area is 216 Å². The van der Waals surface area contributed by atoms with Crippen LogP contribution in [0.2, 0.25) is 0 Å². The molecule has 204 valence electrons. The fourth-order valence-corrected chi connectivity index (χ4v) is 7.28. The van der Waals surface area contributed by atoms with Crippen molar-refractivity contribution in [3.63, 3.8) is 0 Å². The average molecular weight is 526 g/mol. The summed E-state index contributed by atoms with van der Waals surface area (Å²) in [5.74, 6) is 0.752. The molecule has 0 radical (unpaired) electrons. The van der Waals surface area contributed by atoms with Crippen LogP contribution in [0.25, 0.3) is 0 Å². The molecule has 1 spiro atoms. The van der Waals surface area contributed by atoms with Crippen LogP contribution >= 0.6 is 0 Å². The van der Waals surface area contributed by atoms with Gasteiger partial charge in [-0.3, -0.25) is 0 Å². The van der Waals surface area contributed by atoms with Crippen LogP contribution < -0.4 is 0 Å². The van der Waals surface area contributed by atoms with Crippen molar-refractivity contribution in [1.82, 2.24) is 14.1 Å². The van der Waals surface area contributed by atoms with Gasteiger partial charge in [0.25, 0.3) is 0 Å². The summed E-state index contributed by atoms with van der Waals surface area (Å²) in [6, 6.07) is 0. The second-order valence-electron chi connectivity index (χ2n) is 12.1. The van der Waals surface area contributed by atoms with Crippen LogP contribution in [0.3, 0.4) is 0 Å². The van der Waals surface area contributed by atoms with Crippen LogP contribution in [0.4, 0.5) is 4.79 Å². The first-order chi connectivity index (χ1) is 17.0. The Bertz CT molecular complexity index is 964. The van der Waals surface area contributed by atoms with Crippen molar-refractivity contribution in [2.45, 2.75) is 76.3 Å². The van der Waals surface area contributed by atoms with Crippen molar-refractivity contribution in [2.24, 2.45) is 11.8 Å². The monoisotopic (exact) mass is 525 g/mol. The van der Waals surface area contributed by atoms with Crippen molar-refractivity contribution in [3.05, 3.63) is 11.6 Å². The van der Waals surface area contributed by atoms with E-state index in [0.29, 0.717) is 19.0 Å². The molecule has 1 aliphatic carbocycles. The third-order valence-electron chi connectivity index (χ3n) is 9.09. The number of epoxide rings is 2. The first-order valence-corrected chi connectivity index (χ1v) is 15.4. The molecule has 1 saturated carbocycles.